The Hall–Kier alpha value is -2.20. The Balaban J connectivity index is 1.85. The Morgan fingerprint density at radius 1 is 1.14 bits per heavy atom. The Morgan fingerprint density at radius 3 is 2.50 bits per heavy atom. The quantitative estimate of drug-likeness (QED) is 0.758. The molecule has 0 saturated heterocycles. The van der Waals surface area contributed by atoms with Gasteiger partial charge in [0, 0.05) is 5.02 Å². The highest BCUT2D eigenvalue weighted by Gasteiger charge is 2.16. The number of esters is 1. The molecule has 0 radical (unpaired) electrons. The standard InChI is InChI=1S/C17H17ClO4/c1-12(22-16-5-3-4-14(18)10-16)17(19)21-11-13-6-8-15(20-2)9-7-13/h3-10,12H,11H2,1-2H3. The Labute approximate surface area is 134 Å². The SMILES string of the molecule is COc1ccc(COC(=O)C(C)Oc2cccc(Cl)c2)cc1. The van der Waals surface area contributed by atoms with Crippen molar-refractivity contribution in [2.24, 2.45) is 0 Å². The van der Waals surface area contributed by atoms with Crippen molar-refractivity contribution >= 4 is 17.6 Å². The van der Waals surface area contributed by atoms with Gasteiger partial charge < -0.3 is 14.2 Å². The fraction of sp³-hybridized carbons (Fsp3) is 0.235. The molecule has 0 saturated carbocycles. The number of ether oxygens (including phenoxy) is 3. The molecular formula is C17H17ClO4. The van der Waals surface area contributed by atoms with Crippen molar-refractivity contribution < 1.29 is 19.0 Å². The maximum atomic E-state index is 11.9. The van der Waals surface area contributed by atoms with E-state index in [1.165, 1.54) is 0 Å². The molecule has 0 fully saturated rings. The topological polar surface area (TPSA) is 44.8 Å². The summed E-state index contributed by atoms with van der Waals surface area (Å²) in [5, 5.41) is 0.552. The number of hydrogen-bond donors (Lipinski definition) is 0. The molecule has 116 valence electrons. The lowest BCUT2D eigenvalue weighted by Crippen LogP contribution is -2.26. The molecule has 0 aliphatic carbocycles. The van der Waals surface area contributed by atoms with E-state index in [1.807, 2.05) is 24.3 Å². The number of rotatable bonds is 6. The van der Waals surface area contributed by atoms with Crippen molar-refractivity contribution in [1.82, 2.24) is 0 Å². The minimum Gasteiger partial charge on any atom is -0.497 e. The van der Waals surface area contributed by atoms with Gasteiger partial charge >= 0.3 is 5.97 Å². The largest absolute Gasteiger partial charge is 0.497 e. The van der Waals surface area contributed by atoms with Gasteiger partial charge in [-0.25, -0.2) is 4.79 Å². The van der Waals surface area contributed by atoms with Crippen LogP contribution in [0.5, 0.6) is 11.5 Å². The lowest BCUT2D eigenvalue weighted by molar-refractivity contribution is -0.152. The third kappa shape index (κ3) is 4.67. The highest BCUT2D eigenvalue weighted by molar-refractivity contribution is 6.30. The maximum absolute atomic E-state index is 11.9. The summed E-state index contributed by atoms with van der Waals surface area (Å²) in [6, 6.07) is 14.2. The summed E-state index contributed by atoms with van der Waals surface area (Å²) in [6.07, 6.45) is -0.711. The van der Waals surface area contributed by atoms with Gasteiger partial charge in [0.15, 0.2) is 6.10 Å². The minimum absolute atomic E-state index is 0.187. The van der Waals surface area contributed by atoms with Crippen molar-refractivity contribution in [2.45, 2.75) is 19.6 Å². The first-order valence-corrected chi connectivity index (χ1v) is 7.18. The molecule has 4 nitrogen and oxygen atoms in total. The van der Waals surface area contributed by atoms with Crippen LogP contribution < -0.4 is 9.47 Å². The summed E-state index contributed by atoms with van der Waals surface area (Å²) in [7, 11) is 1.60. The monoisotopic (exact) mass is 320 g/mol. The van der Waals surface area contributed by atoms with E-state index < -0.39 is 12.1 Å². The fourth-order valence-electron chi connectivity index (χ4n) is 1.79. The molecule has 5 heteroatoms. The molecule has 0 aliphatic heterocycles. The second-order valence-electron chi connectivity index (χ2n) is 4.67. The van der Waals surface area contributed by atoms with Crippen LogP contribution >= 0.6 is 11.6 Å². The van der Waals surface area contributed by atoms with Crippen LogP contribution in [0.15, 0.2) is 48.5 Å². The van der Waals surface area contributed by atoms with Crippen LogP contribution in [-0.2, 0) is 16.1 Å². The Kier molecular flexibility index (Phi) is 5.67. The van der Waals surface area contributed by atoms with Gasteiger partial charge in [-0.1, -0.05) is 29.8 Å². The first-order chi connectivity index (χ1) is 10.6. The molecule has 1 unspecified atom stereocenters. The number of halogens is 1. The van der Waals surface area contributed by atoms with E-state index in [1.54, 1.807) is 38.3 Å². The summed E-state index contributed by atoms with van der Waals surface area (Å²) in [4.78, 5) is 11.9. The van der Waals surface area contributed by atoms with E-state index in [0.717, 1.165) is 11.3 Å². The van der Waals surface area contributed by atoms with Crippen LogP contribution in [-0.4, -0.2) is 19.2 Å². The average Bonchev–Trinajstić information content (AvgIpc) is 2.53. The summed E-state index contributed by atoms with van der Waals surface area (Å²) >= 11 is 5.87. The molecular weight excluding hydrogens is 304 g/mol. The molecule has 0 N–H and O–H groups in total. The smallest absolute Gasteiger partial charge is 0.347 e. The van der Waals surface area contributed by atoms with Crippen molar-refractivity contribution in [3.05, 3.63) is 59.1 Å². The van der Waals surface area contributed by atoms with Crippen LogP contribution in [0.4, 0.5) is 0 Å². The molecule has 0 aromatic heterocycles. The number of methoxy groups -OCH3 is 1. The van der Waals surface area contributed by atoms with Crippen LogP contribution in [0.2, 0.25) is 5.02 Å². The van der Waals surface area contributed by atoms with Crippen LogP contribution in [0.1, 0.15) is 12.5 Å². The van der Waals surface area contributed by atoms with Gasteiger partial charge in [0.2, 0.25) is 0 Å². The predicted octanol–water partition coefficient (Wildman–Crippen LogP) is 3.86. The molecule has 2 rings (SSSR count). The van der Waals surface area contributed by atoms with E-state index >= 15 is 0 Å². The van der Waals surface area contributed by atoms with E-state index in [0.29, 0.717) is 10.8 Å². The third-order valence-corrected chi connectivity index (χ3v) is 3.22. The predicted molar refractivity (Wildman–Crippen MR) is 84.3 cm³/mol. The van der Waals surface area contributed by atoms with Gasteiger partial charge in [0.05, 0.1) is 7.11 Å². The summed E-state index contributed by atoms with van der Waals surface area (Å²) in [5.74, 6) is 0.852. The van der Waals surface area contributed by atoms with Crippen LogP contribution in [0.3, 0.4) is 0 Å². The molecule has 2 aromatic rings. The van der Waals surface area contributed by atoms with E-state index in [-0.39, 0.29) is 6.61 Å². The Morgan fingerprint density at radius 2 is 1.86 bits per heavy atom. The van der Waals surface area contributed by atoms with Gasteiger partial charge in [-0.05, 0) is 42.8 Å². The number of carbonyl (C=O) groups excluding carboxylic acids is 1. The first kappa shape index (κ1) is 16.2. The van der Waals surface area contributed by atoms with Crippen molar-refractivity contribution in [2.75, 3.05) is 7.11 Å². The van der Waals surface area contributed by atoms with Crippen molar-refractivity contribution in [3.63, 3.8) is 0 Å². The van der Waals surface area contributed by atoms with Crippen molar-refractivity contribution in [1.29, 1.82) is 0 Å². The van der Waals surface area contributed by atoms with Crippen molar-refractivity contribution in [3.8, 4) is 11.5 Å². The molecule has 2 aromatic carbocycles. The molecule has 0 aliphatic rings. The molecule has 0 bridgehead atoms. The lowest BCUT2D eigenvalue weighted by atomic mass is 10.2. The first-order valence-electron chi connectivity index (χ1n) is 6.80. The zero-order valence-corrected chi connectivity index (χ0v) is 13.2. The zero-order chi connectivity index (χ0) is 15.9. The second kappa shape index (κ2) is 7.71. The van der Waals surface area contributed by atoms with Crippen LogP contribution in [0, 0.1) is 0 Å². The van der Waals surface area contributed by atoms with Crippen LogP contribution in [0.25, 0.3) is 0 Å². The number of carbonyl (C=O) groups is 1. The van der Waals surface area contributed by atoms with E-state index in [2.05, 4.69) is 0 Å². The van der Waals surface area contributed by atoms with Gasteiger partial charge in [-0.2, -0.15) is 0 Å². The average molecular weight is 321 g/mol. The van der Waals surface area contributed by atoms with Gasteiger partial charge in [0.1, 0.15) is 18.1 Å². The van der Waals surface area contributed by atoms with Gasteiger partial charge in [-0.3, -0.25) is 0 Å². The summed E-state index contributed by atoms with van der Waals surface area (Å²) in [6.45, 7) is 1.82. The van der Waals surface area contributed by atoms with E-state index in [9.17, 15) is 4.79 Å². The Bertz CT molecular complexity index is 625. The number of benzene rings is 2. The highest BCUT2D eigenvalue weighted by atomic mass is 35.5. The molecule has 22 heavy (non-hydrogen) atoms. The van der Waals surface area contributed by atoms with Gasteiger partial charge in [0.25, 0.3) is 0 Å². The molecule has 0 heterocycles. The van der Waals surface area contributed by atoms with E-state index in [4.69, 9.17) is 25.8 Å². The minimum atomic E-state index is -0.711. The zero-order valence-electron chi connectivity index (χ0n) is 12.4. The lowest BCUT2D eigenvalue weighted by Gasteiger charge is -2.14. The summed E-state index contributed by atoms with van der Waals surface area (Å²) < 4.78 is 15.8. The molecule has 0 amide bonds. The van der Waals surface area contributed by atoms with Gasteiger partial charge in [-0.15, -0.1) is 0 Å². The maximum Gasteiger partial charge on any atom is 0.347 e. The molecule has 1 atom stereocenters. The normalized spacial score (nSPS) is 11.6. The number of hydrogen-bond acceptors (Lipinski definition) is 4. The highest BCUT2D eigenvalue weighted by Crippen LogP contribution is 2.19. The molecule has 0 spiro atoms. The second-order valence-corrected chi connectivity index (χ2v) is 5.11. The summed E-state index contributed by atoms with van der Waals surface area (Å²) in [5.41, 5.74) is 0.879. The third-order valence-electron chi connectivity index (χ3n) is 2.98. The fourth-order valence-corrected chi connectivity index (χ4v) is 1.97.